The second kappa shape index (κ2) is 7.20. The van der Waals surface area contributed by atoms with E-state index in [1.807, 2.05) is 11.8 Å². The molecule has 2 heteroatoms. The molecular weight excluding hydrogens is 322 g/mol. The molecule has 0 fully saturated rings. The fourth-order valence-corrected chi connectivity index (χ4v) is 4.45. The lowest BCUT2D eigenvalue weighted by atomic mass is 10.0. The summed E-state index contributed by atoms with van der Waals surface area (Å²) >= 11 is 1.99. The number of aromatic amines is 1. The second-order valence-corrected chi connectivity index (χ2v) is 7.47. The number of hydrogen-bond donors (Lipinski definition) is 1. The average Bonchev–Trinajstić information content (AvgIpc) is 3.08. The van der Waals surface area contributed by atoms with Gasteiger partial charge in [0.25, 0.3) is 0 Å². The summed E-state index contributed by atoms with van der Waals surface area (Å²) in [5, 5.41) is 1.63. The van der Waals surface area contributed by atoms with Crippen LogP contribution in [-0.4, -0.2) is 4.98 Å². The van der Waals surface area contributed by atoms with E-state index in [1.54, 1.807) is 0 Å². The highest BCUT2D eigenvalue weighted by Crippen LogP contribution is 2.40. The van der Waals surface area contributed by atoms with Gasteiger partial charge in [-0.1, -0.05) is 78.4 Å². The lowest BCUT2D eigenvalue weighted by Gasteiger charge is -2.17. The average molecular weight is 343 g/mol. The Hall–Kier alpha value is -2.45. The van der Waals surface area contributed by atoms with Crippen molar-refractivity contribution < 1.29 is 0 Å². The van der Waals surface area contributed by atoms with Gasteiger partial charge in [0.05, 0.1) is 5.25 Å². The van der Waals surface area contributed by atoms with Crippen molar-refractivity contribution in [1.29, 1.82) is 0 Å². The van der Waals surface area contributed by atoms with Gasteiger partial charge in [0, 0.05) is 22.9 Å². The van der Waals surface area contributed by atoms with Crippen molar-refractivity contribution in [2.75, 3.05) is 0 Å². The van der Waals surface area contributed by atoms with Gasteiger partial charge in [0.2, 0.25) is 0 Å². The smallest absolute Gasteiger partial charge is 0.0570 e. The summed E-state index contributed by atoms with van der Waals surface area (Å²) in [6.45, 7) is 2.14. The number of aromatic nitrogens is 1. The van der Waals surface area contributed by atoms with Gasteiger partial charge in [0.1, 0.15) is 0 Å². The number of thioether (sulfide) groups is 1. The van der Waals surface area contributed by atoms with E-state index < -0.39 is 0 Å². The van der Waals surface area contributed by atoms with Gasteiger partial charge in [-0.25, -0.2) is 0 Å². The Balaban J connectivity index is 1.71. The molecule has 0 amide bonds. The number of H-pyrrole nitrogens is 1. The Morgan fingerprint density at radius 1 is 0.840 bits per heavy atom. The topological polar surface area (TPSA) is 15.8 Å². The summed E-state index contributed by atoms with van der Waals surface area (Å²) in [5.74, 6) is 0.999. The maximum absolute atomic E-state index is 3.43. The molecule has 4 rings (SSSR count). The summed E-state index contributed by atoms with van der Waals surface area (Å²) in [7, 11) is 0. The number of nitrogens with one attached hydrogen (secondary N) is 1. The van der Waals surface area contributed by atoms with Crippen LogP contribution in [0.1, 0.15) is 27.5 Å². The van der Waals surface area contributed by atoms with Crippen LogP contribution in [0.25, 0.3) is 10.9 Å². The highest BCUT2D eigenvalue weighted by Gasteiger charge is 2.18. The number of para-hydroxylation sites is 1. The Labute approximate surface area is 153 Å². The van der Waals surface area contributed by atoms with Crippen molar-refractivity contribution in [3.8, 4) is 0 Å². The first-order valence-electron chi connectivity index (χ1n) is 8.59. The summed E-state index contributed by atoms with van der Waals surface area (Å²) in [6, 6.07) is 28.2. The Morgan fingerprint density at radius 3 is 2.36 bits per heavy atom. The van der Waals surface area contributed by atoms with Crippen molar-refractivity contribution in [2.45, 2.75) is 17.9 Å². The van der Waals surface area contributed by atoms with Crippen LogP contribution in [0.3, 0.4) is 0 Å². The van der Waals surface area contributed by atoms with Crippen molar-refractivity contribution in [1.82, 2.24) is 4.98 Å². The van der Waals surface area contributed by atoms with Crippen molar-refractivity contribution in [3.05, 3.63) is 107 Å². The Bertz CT molecular complexity index is 954. The molecule has 0 saturated carbocycles. The fraction of sp³-hybridized carbons (Fsp3) is 0.130. The van der Waals surface area contributed by atoms with Crippen LogP contribution in [0.15, 0.2) is 85.1 Å². The molecule has 4 aromatic rings. The Kier molecular flexibility index (Phi) is 4.62. The van der Waals surface area contributed by atoms with Crippen molar-refractivity contribution in [2.24, 2.45) is 0 Å². The molecular formula is C23H21NS. The number of rotatable bonds is 5. The van der Waals surface area contributed by atoms with E-state index in [2.05, 4.69) is 97.0 Å². The van der Waals surface area contributed by atoms with Crippen LogP contribution < -0.4 is 0 Å². The van der Waals surface area contributed by atoms with E-state index in [0.717, 1.165) is 5.75 Å². The van der Waals surface area contributed by atoms with Gasteiger partial charge in [-0.2, -0.15) is 0 Å². The molecule has 0 spiro atoms. The van der Waals surface area contributed by atoms with Gasteiger partial charge < -0.3 is 4.98 Å². The lowest BCUT2D eigenvalue weighted by Crippen LogP contribution is -1.97. The van der Waals surface area contributed by atoms with Crippen LogP contribution >= 0.6 is 11.8 Å². The predicted molar refractivity (Wildman–Crippen MR) is 109 cm³/mol. The maximum atomic E-state index is 3.43. The molecule has 0 saturated heterocycles. The molecule has 1 nitrogen and oxygen atoms in total. The lowest BCUT2D eigenvalue weighted by molar-refractivity contribution is 1.16. The van der Waals surface area contributed by atoms with Crippen molar-refractivity contribution in [3.63, 3.8) is 0 Å². The quantitative estimate of drug-likeness (QED) is 0.437. The Morgan fingerprint density at radius 2 is 1.56 bits per heavy atom. The van der Waals surface area contributed by atoms with E-state index in [-0.39, 0.29) is 0 Å². The van der Waals surface area contributed by atoms with E-state index in [4.69, 9.17) is 0 Å². The van der Waals surface area contributed by atoms with Gasteiger partial charge in [-0.05, 0) is 29.7 Å². The molecule has 25 heavy (non-hydrogen) atoms. The predicted octanol–water partition coefficient (Wildman–Crippen LogP) is 6.50. The number of benzene rings is 3. The molecule has 0 aliphatic rings. The van der Waals surface area contributed by atoms with Gasteiger partial charge >= 0.3 is 0 Å². The zero-order valence-electron chi connectivity index (χ0n) is 14.3. The largest absolute Gasteiger partial charge is 0.361 e. The molecule has 1 atom stereocenters. The summed E-state index contributed by atoms with van der Waals surface area (Å²) in [4.78, 5) is 3.43. The SMILES string of the molecule is Cc1ccc(C(SCc2ccccc2)c2c[nH]c3ccccc23)cc1. The monoisotopic (exact) mass is 343 g/mol. The third kappa shape index (κ3) is 3.49. The molecule has 3 aromatic carbocycles. The first-order chi connectivity index (χ1) is 12.3. The van der Waals surface area contributed by atoms with Gasteiger partial charge in [0.15, 0.2) is 0 Å². The van der Waals surface area contributed by atoms with E-state index in [9.17, 15) is 0 Å². The zero-order chi connectivity index (χ0) is 17.1. The normalized spacial score (nSPS) is 12.4. The second-order valence-electron chi connectivity index (χ2n) is 6.38. The molecule has 1 aromatic heterocycles. The summed E-state index contributed by atoms with van der Waals surface area (Å²) in [6.07, 6.45) is 2.17. The highest BCUT2D eigenvalue weighted by atomic mass is 32.2. The van der Waals surface area contributed by atoms with Crippen LogP contribution in [0.4, 0.5) is 0 Å². The molecule has 1 N–H and O–H groups in total. The first kappa shape index (κ1) is 16.0. The molecule has 0 aliphatic heterocycles. The van der Waals surface area contributed by atoms with Crippen molar-refractivity contribution >= 4 is 22.7 Å². The molecule has 0 bridgehead atoms. The maximum Gasteiger partial charge on any atom is 0.0570 e. The van der Waals surface area contributed by atoms with Crippen LogP contribution in [0, 0.1) is 6.92 Å². The van der Waals surface area contributed by atoms with Crippen LogP contribution in [-0.2, 0) is 5.75 Å². The highest BCUT2D eigenvalue weighted by molar-refractivity contribution is 7.99. The zero-order valence-corrected chi connectivity index (χ0v) is 15.1. The fourth-order valence-electron chi connectivity index (χ4n) is 3.17. The third-order valence-corrected chi connectivity index (χ3v) is 5.90. The third-order valence-electron chi connectivity index (χ3n) is 4.54. The van der Waals surface area contributed by atoms with E-state index in [0.29, 0.717) is 5.25 Å². The minimum Gasteiger partial charge on any atom is -0.361 e. The minimum atomic E-state index is 0.317. The molecule has 0 radical (unpaired) electrons. The number of hydrogen-bond acceptors (Lipinski definition) is 1. The minimum absolute atomic E-state index is 0.317. The van der Waals surface area contributed by atoms with Crippen LogP contribution in [0.2, 0.25) is 0 Å². The molecule has 1 unspecified atom stereocenters. The molecule has 0 aliphatic carbocycles. The number of aryl methyl sites for hydroxylation is 1. The van der Waals surface area contributed by atoms with E-state index >= 15 is 0 Å². The first-order valence-corrected chi connectivity index (χ1v) is 9.64. The number of fused-ring (bicyclic) bond motifs is 1. The summed E-state index contributed by atoms with van der Waals surface area (Å²) < 4.78 is 0. The molecule has 1 heterocycles. The van der Waals surface area contributed by atoms with E-state index in [1.165, 1.54) is 33.2 Å². The van der Waals surface area contributed by atoms with Crippen LogP contribution in [0.5, 0.6) is 0 Å². The van der Waals surface area contributed by atoms with Gasteiger partial charge in [-0.3, -0.25) is 0 Å². The molecule has 124 valence electrons. The standard InChI is InChI=1S/C23H21NS/c1-17-11-13-19(14-12-17)23(25-16-18-7-3-2-4-8-18)21-15-24-22-10-6-5-9-20(21)22/h2-15,23-24H,16H2,1H3. The summed E-state index contributed by atoms with van der Waals surface area (Å²) in [5.41, 5.74) is 6.59. The van der Waals surface area contributed by atoms with Gasteiger partial charge in [-0.15, -0.1) is 11.8 Å².